The van der Waals surface area contributed by atoms with Gasteiger partial charge in [0.05, 0.1) is 27.7 Å². The summed E-state index contributed by atoms with van der Waals surface area (Å²) in [6, 6.07) is 0. The number of carbonyl (C=O) groups is 1. The molecule has 0 atom stereocenters. The number of aliphatic carboxylic acids is 1. The Morgan fingerprint density at radius 1 is 0.533 bits per heavy atom. The lowest BCUT2D eigenvalue weighted by Gasteiger charge is -2.20. The summed E-state index contributed by atoms with van der Waals surface area (Å²) in [6.45, 7) is 5.67. The van der Waals surface area contributed by atoms with Crippen LogP contribution in [-0.4, -0.2) is 38.1 Å². The van der Waals surface area contributed by atoms with Crippen LogP contribution in [0.4, 0.5) is 0 Å². The van der Waals surface area contributed by atoms with Gasteiger partial charge in [0.2, 0.25) is 0 Å². The molecule has 0 spiro atoms. The van der Waals surface area contributed by atoms with Crippen LogP contribution in [0.5, 0.6) is 0 Å². The summed E-state index contributed by atoms with van der Waals surface area (Å²) in [5, 5.41) is 10.3. The molecule has 0 rings (SSSR count). The fraction of sp³-hybridized carbons (Fsp3) is 0.963. The quantitative estimate of drug-likeness (QED) is 0.143. The lowest BCUT2D eigenvalue weighted by molar-refractivity contribution is -0.868. The molecule has 0 N–H and O–H groups in total. The van der Waals surface area contributed by atoms with E-state index in [9.17, 15) is 9.90 Å². The maximum atomic E-state index is 10.3. The fourth-order valence-corrected chi connectivity index (χ4v) is 3.35. The van der Waals surface area contributed by atoms with Crippen molar-refractivity contribution in [2.24, 2.45) is 0 Å². The third-order valence-corrected chi connectivity index (χ3v) is 5.93. The Morgan fingerprint density at radius 3 is 0.967 bits per heavy atom. The smallest absolute Gasteiger partial charge is 0.0751 e. The van der Waals surface area contributed by atoms with Gasteiger partial charge in [-0.05, 0) is 19.8 Å². The summed E-state index contributed by atoms with van der Waals surface area (Å²) in [5.41, 5.74) is 0. The molecule has 0 aromatic heterocycles. The summed E-state index contributed by atoms with van der Waals surface area (Å²) in [4.78, 5) is 10.3. The first-order chi connectivity index (χ1) is 14.3. The van der Waals surface area contributed by atoms with Gasteiger partial charge in [-0.2, -0.15) is 0 Å². The van der Waals surface area contributed by atoms with Gasteiger partial charge in [-0.1, -0.05) is 122 Å². The number of carboxylic acids is 1. The molecule has 0 unspecified atom stereocenters. The second-order valence-electron chi connectivity index (χ2n) is 10.1. The molecule has 0 saturated carbocycles. The predicted octanol–water partition coefficient (Wildman–Crippen LogP) is 7.27. The molecule has 0 fully saturated rings. The minimum Gasteiger partial charge on any atom is -0.550 e. The maximum Gasteiger partial charge on any atom is 0.0751 e. The molecule has 0 bridgehead atoms. The number of nitrogens with zero attached hydrogens (tertiary/aromatic N) is 1. The van der Waals surface area contributed by atoms with E-state index in [0.29, 0.717) is 0 Å². The lowest BCUT2D eigenvalue weighted by atomic mass is 10.0. The molecular weight excluding hydrogens is 370 g/mol. The van der Waals surface area contributed by atoms with Crippen LogP contribution in [0.3, 0.4) is 0 Å². The topological polar surface area (TPSA) is 40.1 Å². The number of carbonyl (C=O) groups excluding carboxylic acids is 1. The average Bonchev–Trinajstić information content (AvgIpc) is 2.69. The van der Waals surface area contributed by atoms with Gasteiger partial charge in [0, 0.05) is 5.97 Å². The van der Waals surface area contributed by atoms with Crippen LogP contribution >= 0.6 is 0 Å². The first kappa shape index (κ1) is 31.6. The summed E-state index contributed by atoms with van der Waals surface area (Å²) in [5.74, 6) is -0.901. The number of carboxylic acid groups (broad SMARTS) is 1. The largest absolute Gasteiger partial charge is 0.550 e. The SMILES string of the molecule is CCCCCCCCCCCCCCCCCCCCCC(=O)[O-].CC[N+](C)(C)C. The van der Waals surface area contributed by atoms with Crippen molar-refractivity contribution in [3.8, 4) is 0 Å². The summed E-state index contributed by atoms with van der Waals surface area (Å²) in [7, 11) is 6.54. The number of hydrogen-bond acceptors (Lipinski definition) is 2. The summed E-state index contributed by atoms with van der Waals surface area (Å²) in [6.07, 6.45) is 25.7. The van der Waals surface area contributed by atoms with Crippen molar-refractivity contribution in [3.63, 3.8) is 0 Å². The van der Waals surface area contributed by atoms with Crippen LogP contribution in [0.25, 0.3) is 0 Å². The Kier molecular flexibility index (Phi) is 26.0. The van der Waals surface area contributed by atoms with Gasteiger partial charge in [0.15, 0.2) is 0 Å². The molecule has 0 aliphatic carbocycles. The first-order valence-corrected chi connectivity index (χ1v) is 13.3. The highest BCUT2D eigenvalue weighted by Gasteiger charge is 1.97. The van der Waals surface area contributed by atoms with E-state index >= 15 is 0 Å². The molecule has 3 heteroatoms. The second-order valence-corrected chi connectivity index (χ2v) is 10.1. The highest BCUT2D eigenvalue weighted by molar-refractivity contribution is 5.63. The van der Waals surface area contributed by atoms with E-state index in [0.717, 1.165) is 17.3 Å². The zero-order chi connectivity index (χ0) is 22.9. The van der Waals surface area contributed by atoms with Gasteiger partial charge in [-0.3, -0.25) is 0 Å². The van der Waals surface area contributed by atoms with E-state index in [1.165, 1.54) is 116 Å². The first-order valence-electron chi connectivity index (χ1n) is 13.3. The number of quaternary nitrogens is 1. The highest BCUT2D eigenvalue weighted by Crippen LogP contribution is 2.14. The van der Waals surface area contributed by atoms with E-state index in [2.05, 4.69) is 35.0 Å². The Bertz CT molecular complexity index is 336. The van der Waals surface area contributed by atoms with Crippen LogP contribution < -0.4 is 5.11 Å². The van der Waals surface area contributed by atoms with Crippen LogP contribution in [0.2, 0.25) is 0 Å². The Hall–Kier alpha value is -0.570. The molecule has 30 heavy (non-hydrogen) atoms. The molecule has 0 saturated heterocycles. The summed E-state index contributed by atoms with van der Waals surface area (Å²) < 4.78 is 1.07. The predicted molar refractivity (Wildman–Crippen MR) is 132 cm³/mol. The fourth-order valence-electron chi connectivity index (χ4n) is 3.35. The van der Waals surface area contributed by atoms with Gasteiger partial charge in [0.25, 0.3) is 0 Å². The van der Waals surface area contributed by atoms with E-state index in [4.69, 9.17) is 0 Å². The molecule has 0 aromatic carbocycles. The standard InChI is InChI=1S/C22H44O2.C5H14N/c1-2-3-4-5-6-7-8-9-10-11-12-13-14-15-16-17-18-19-20-21-22(23)24;1-5-6(2,3)4/h2-21H2,1H3,(H,23,24);5H2,1-4H3/q;+1/p-1. The van der Waals surface area contributed by atoms with Gasteiger partial charge < -0.3 is 14.4 Å². The summed E-state index contributed by atoms with van der Waals surface area (Å²) >= 11 is 0. The van der Waals surface area contributed by atoms with Crippen molar-refractivity contribution in [2.75, 3.05) is 27.7 Å². The van der Waals surface area contributed by atoms with Gasteiger partial charge in [0.1, 0.15) is 0 Å². The van der Waals surface area contributed by atoms with Crippen molar-refractivity contribution in [1.29, 1.82) is 0 Å². The Morgan fingerprint density at radius 2 is 0.767 bits per heavy atom. The maximum absolute atomic E-state index is 10.3. The Balaban J connectivity index is 0. The van der Waals surface area contributed by atoms with E-state index < -0.39 is 5.97 Å². The van der Waals surface area contributed by atoms with Crippen molar-refractivity contribution >= 4 is 5.97 Å². The zero-order valence-corrected chi connectivity index (χ0v) is 21.6. The zero-order valence-electron chi connectivity index (χ0n) is 21.6. The van der Waals surface area contributed by atoms with Gasteiger partial charge in [-0.15, -0.1) is 0 Å². The molecular formula is C27H57NO2. The van der Waals surface area contributed by atoms with Crippen LogP contribution in [0.15, 0.2) is 0 Å². The van der Waals surface area contributed by atoms with Gasteiger partial charge in [-0.25, -0.2) is 0 Å². The average molecular weight is 428 g/mol. The van der Waals surface area contributed by atoms with Crippen molar-refractivity contribution in [1.82, 2.24) is 0 Å². The van der Waals surface area contributed by atoms with Crippen molar-refractivity contribution in [3.05, 3.63) is 0 Å². The number of rotatable bonds is 21. The molecule has 0 aromatic rings. The second kappa shape index (κ2) is 24.7. The van der Waals surface area contributed by atoms with Crippen LogP contribution in [0, 0.1) is 0 Å². The molecule has 0 aliphatic heterocycles. The molecule has 0 amide bonds. The van der Waals surface area contributed by atoms with Gasteiger partial charge >= 0.3 is 0 Å². The van der Waals surface area contributed by atoms with Crippen LogP contribution in [-0.2, 0) is 4.79 Å². The Labute approximate surface area is 190 Å². The number of hydrogen-bond donors (Lipinski definition) is 0. The third kappa shape index (κ3) is 34.9. The molecule has 0 heterocycles. The molecule has 3 nitrogen and oxygen atoms in total. The monoisotopic (exact) mass is 427 g/mol. The van der Waals surface area contributed by atoms with Crippen molar-refractivity contribution in [2.45, 2.75) is 142 Å². The minimum absolute atomic E-state index is 0.235. The number of unbranched alkanes of at least 4 members (excludes halogenated alkanes) is 18. The lowest BCUT2D eigenvalue weighted by Crippen LogP contribution is -2.33. The van der Waals surface area contributed by atoms with E-state index in [1.807, 2.05) is 0 Å². The molecule has 182 valence electrons. The van der Waals surface area contributed by atoms with E-state index in [1.54, 1.807) is 0 Å². The molecule has 0 aliphatic rings. The normalized spacial score (nSPS) is 11.2. The van der Waals surface area contributed by atoms with Crippen LogP contribution in [0.1, 0.15) is 142 Å². The third-order valence-electron chi connectivity index (χ3n) is 5.93. The van der Waals surface area contributed by atoms with E-state index in [-0.39, 0.29) is 6.42 Å². The van der Waals surface area contributed by atoms with Crippen molar-refractivity contribution < 1.29 is 14.4 Å². The minimum atomic E-state index is -0.901. The molecule has 0 radical (unpaired) electrons. The highest BCUT2D eigenvalue weighted by atomic mass is 16.4.